The van der Waals surface area contributed by atoms with Crippen LogP contribution in [0, 0.1) is 0 Å². The molecule has 2 aromatic carbocycles. The molecule has 0 saturated heterocycles. The third-order valence-corrected chi connectivity index (χ3v) is 10.1. The summed E-state index contributed by atoms with van der Waals surface area (Å²) < 4.78 is 53.9. The predicted octanol–water partition coefficient (Wildman–Crippen LogP) is 5.75. The number of amides is 1. The van der Waals surface area contributed by atoms with Crippen LogP contribution in [0.1, 0.15) is 122 Å². The van der Waals surface area contributed by atoms with Crippen molar-refractivity contribution in [1.29, 1.82) is 0 Å². The fourth-order valence-electron chi connectivity index (χ4n) is 5.54. The lowest BCUT2D eigenvalue weighted by atomic mass is 9.98. The van der Waals surface area contributed by atoms with Gasteiger partial charge < -0.3 is 16.2 Å². The normalized spacial score (nSPS) is 11.4. The van der Waals surface area contributed by atoms with Crippen molar-refractivity contribution in [2.24, 2.45) is 16.5 Å². The zero-order chi connectivity index (χ0) is 35.1. The van der Waals surface area contributed by atoms with E-state index in [0.29, 0.717) is 40.8 Å². The van der Waals surface area contributed by atoms with Crippen molar-refractivity contribution < 1.29 is 31.2 Å². The number of rotatable bonds is 16. The number of sulfone groups is 2. The van der Waals surface area contributed by atoms with E-state index in [1.54, 1.807) is 24.3 Å². The van der Waals surface area contributed by atoms with Crippen molar-refractivity contribution in [3.8, 4) is 0 Å². The molecule has 0 atom stereocenters. The van der Waals surface area contributed by atoms with Crippen molar-refractivity contribution in [3.63, 3.8) is 0 Å². The standard InChI is InChI=1S/C17H27N3O3S.C17H26O4S/c1-4-6-7-8-9-12-10-11-14(16(21)20-17(18)19)13(5-2)15(12)24(3,22)23;1-5-7-8-9-10-13-11-12-15(17(18)21-3)14(6-2)16(13)22(4,19)20/h10-11H,4-9H2,1-3H3,(H4,18,19,20,21);11-12H,5-10H2,1-4H3. The monoisotopic (exact) mass is 679 g/mol. The molecule has 2 rings (SSSR count). The van der Waals surface area contributed by atoms with Gasteiger partial charge in [0.1, 0.15) is 0 Å². The zero-order valence-corrected chi connectivity index (χ0v) is 30.2. The van der Waals surface area contributed by atoms with Gasteiger partial charge in [-0.1, -0.05) is 78.4 Å². The van der Waals surface area contributed by atoms with Gasteiger partial charge in [-0.25, -0.2) is 21.6 Å². The van der Waals surface area contributed by atoms with Crippen LogP contribution in [-0.2, 0) is 50.1 Å². The average Bonchev–Trinajstić information content (AvgIpc) is 2.99. The maximum absolute atomic E-state index is 12.3. The zero-order valence-electron chi connectivity index (χ0n) is 28.6. The summed E-state index contributed by atoms with van der Waals surface area (Å²) in [7, 11) is -5.55. The van der Waals surface area contributed by atoms with Crippen molar-refractivity contribution in [2.45, 2.75) is 115 Å². The number of esters is 1. The van der Waals surface area contributed by atoms with Crippen molar-refractivity contribution >= 4 is 37.5 Å². The van der Waals surface area contributed by atoms with E-state index >= 15 is 0 Å². The minimum Gasteiger partial charge on any atom is -0.465 e. The summed E-state index contributed by atoms with van der Waals surface area (Å²) >= 11 is 0. The maximum Gasteiger partial charge on any atom is 0.338 e. The Morgan fingerprint density at radius 1 is 0.674 bits per heavy atom. The Balaban J connectivity index is 0.000000462. The van der Waals surface area contributed by atoms with Crippen LogP contribution in [0.4, 0.5) is 0 Å². The minimum absolute atomic E-state index is 0.239. The van der Waals surface area contributed by atoms with Crippen LogP contribution in [0.15, 0.2) is 39.0 Å². The number of methoxy groups -OCH3 is 1. The number of ether oxygens (including phenoxy) is 1. The second-order valence-electron chi connectivity index (χ2n) is 11.4. The smallest absolute Gasteiger partial charge is 0.338 e. The highest BCUT2D eigenvalue weighted by molar-refractivity contribution is 7.91. The predicted molar refractivity (Wildman–Crippen MR) is 185 cm³/mol. The molecule has 0 bridgehead atoms. The van der Waals surface area contributed by atoms with Gasteiger partial charge in [-0.3, -0.25) is 4.79 Å². The summed E-state index contributed by atoms with van der Waals surface area (Å²) in [4.78, 5) is 28.1. The van der Waals surface area contributed by atoms with E-state index in [9.17, 15) is 26.4 Å². The van der Waals surface area contributed by atoms with Crippen LogP contribution in [-0.4, -0.2) is 54.3 Å². The Kier molecular flexibility index (Phi) is 17.2. The molecule has 0 spiro atoms. The van der Waals surface area contributed by atoms with Crippen molar-refractivity contribution in [2.75, 3.05) is 19.6 Å². The quantitative estimate of drug-likeness (QED) is 0.0968. The number of nitrogens with zero attached hydrogens (tertiary/aromatic N) is 1. The lowest BCUT2D eigenvalue weighted by Gasteiger charge is -2.16. The topological polar surface area (TPSA) is 176 Å². The van der Waals surface area contributed by atoms with E-state index in [0.717, 1.165) is 68.9 Å². The number of aliphatic imine (C=N–C) groups is 1. The first-order valence-electron chi connectivity index (χ1n) is 16.0. The number of benzene rings is 2. The first-order chi connectivity index (χ1) is 21.6. The van der Waals surface area contributed by atoms with Crippen LogP contribution >= 0.6 is 0 Å². The van der Waals surface area contributed by atoms with Crippen LogP contribution in [0.3, 0.4) is 0 Å². The molecule has 258 valence electrons. The van der Waals surface area contributed by atoms with Crippen LogP contribution in [0.5, 0.6) is 0 Å². The minimum atomic E-state index is -3.47. The van der Waals surface area contributed by atoms with Gasteiger partial charge in [-0.05, 0) is 72.9 Å². The molecule has 0 unspecified atom stereocenters. The van der Waals surface area contributed by atoms with Gasteiger partial charge >= 0.3 is 5.97 Å². The Hall–Kier alpha value is -3.25. The van der Waals surface area contributed by atoms with Gasteiger partial charge in [-0.15, -0.1) is 0 Å². The van der Waals surface area contributed by atoms with Crippen LogP contribution in [0.25, 0.3) is 0 Å². The Morgan fingerprint density at radius 2 is 1.09 bits per heavy atom. The molecule has 0 aromatic heterocycles. The molecule has 4 N–H and O–H groups in total. The summed E-state index contributed by atoms with van der Waals surface area (Å²) in [6.07, 6.45) is 13.2. The summed E-state index contributed by atoms with van der Waals surface area (Å²) in [5.41, 5.74) is 13.7. The van der Waals surface area contributed by atoms with E-state index in [1.165, 1.54) is 19.6 Å². The molecular formula is C34H53N3O7S2. The number of guanidine groups is 1. The Labute approximate surface area is 276 Å². The highest BCUT2D eigenvalue weighted by Gasteiger charge is 2.24. The number of carbonyl (C=O) groups is 2. The SMILES string of the molecule is CCCCCCc1ccc(C(=O)N=C(N)N)c(CC)c1S(C)(=O)=O.CCCCCCc1ccc(C(=O)OC)c(CC)c1S(C)(=O)=O. The fraction of sp³-hybridized carbons (Fsp3) is 0.559. The van der Waals surface area contributed by atoms with Crippen molar-refractivity contribution in [1.82, 2.24) is 0 Å². The van der Waals surface area contributed by atoms with Gasteiger partial charge in [0.25, 0.3) is 5.91 Å². The van der Waals surface area contributed by atoms with Crippen LogP contribution < -0.4 is 11.5 Å². The molecule has 0 fully saturated rings. The van der Waals surface area contributed by atoms with Gasteiger partial charge in [0.15, 0.2) is 25.6 Å². The second-order valence-corrected chi connectivity index (χ2v) is 15.3. The average molecular weight is 680 g/mol. The number of nitrogens with two attached hydrogens (primary N) is 2. The number of carbonyl (C=O) groups excluding carboxylic acids is 2. The highest BCUT2D eigenvalue weighted by atomic mass is 32.2. The summed E-state index contributed by atoms with van der Waals surface area (Å²) in [5.74, 6) is -1.44. The third kappa shape index (κ3) is 12.2. The van der Waals surface area contributed by atoms with Gasteiger partial charge in [0.2, 0.25) is 0 Å². The highest BCUT2D eigenvalue weighted by Crippen LogP contribution is 2.29. The molecule has 0 aliphatic carbocycles. The molecule has 0 heterocycles. The summed E-state index contributed by atoms with van der Waals surface area (Å²) in [6.45, 7) is 7.94. The molecule has 12 heteroatoms. The Morgan fingerprint density at radius 3 is 1.43 bits per heavy atom. The Bertz CT molecular complexity index is 1580. The molecule has 0 radical (unpaired) electrons. The lowest BCUT2D eigenvalue weighted by molar-refractivity contribution is 0.0599. The molecule has 0 aliphatic rings. The van der Waals surface area contributed by atoms with E-state index < -0.39 is 31.6 Å². The summed E-state index contributed by atoms with van der Waals surface area (Å²) in [6, 6.07) is 6.77. The molecule has 0 saturated carbocycles. The maximum atomic E-state index is 12.3. The second kappa shape index (κ2) is 19.4. The van der Waals surface area contributed by atoms with Gasteiger partial charge in [0, 0.05) is 18.1 Å². The number of hydrogen-bond acceptors (Lipinski definition) is 7. The van der Waals surface area contributed by atoms with E-state index in [2.05, 4.69) is 18.8 Å². The number of hydrogen-bond donors (Lipinski definition) is 2. The van der Waals surface area contributed by atoms with Crippen LogP contribution in [0.2, 0.25) is 0 Å². The summed E-state index contributed by atoms with van der Waals surface area (Å²) in [5, 5.41) is 0. The first kappa shape index (κ1) is 40.8. The van der Waals surface area contributed by atoms with E-state index in [-0.39, 0.29) is 16.4 Å². The third-order valence-electron chi connectivity index (χ3n) is 7.60. The van der Waals surface area contributed by atoms with Gasteiger partial charge in [-0.2, -0.15) is 4.99 Å². The molecule has 0 aliphatic heterocycles. The first-order valence-corrected chi connectivity index (χ1v) is 19.8. The lowest BCUT2D eigenvalue weighted by Crippen LogP contribution is -2.24. The largest absolute Gasteiger partial charge is 0.465 e. The number of aryl methyl sites for hydroxylation is 2. The fourth-order valence-corrected chi connectivity index (χ4v) is 8.23. The molecule has 10 nitrogen and oxygen atoms in total. The molecule has 46 heavy (non-hydrogen) atoms. The van der Waals surface area contributed by atoms with Gasteiger partial charge in [0.05, 0.1) is 22.5 Å². The van der Waals surface area contributed by atoms with E-state index in [1.807, 2.05) is 13.8 Å². The molecule has 1 amide bonds. The molecular weight excluding hydrogens is 627 g/mol. The van der Waals surface area contributed by atoms with Crippen molar-refractivity contribution in [3.05, 3.63) is 57.6 Å². The molecule has 2 aromatic rings. The number of unbranched alkanes of at least 4 members (excludes halogenated alkanes) is 6. The van der Waals surface area contributed by atoms with E-state index in [4.69, 9.17) is 16.2 Å².